The van der Waals surface area contributed by atoms with Crippen LogP contribution in [0.3, 0.4) is 0 Å². The van der Waals surface area contributed by atoms with Gasteiger partial charge < -0.3 is 4.74 Å². The number of nitrogens with zero attached hydrogens (tertiary/aromatic N) is 3. The Morgan fingerprint density at radius 3 is 2.64 bits per heavy atom. The Morgan fingerprint density at radius 2 is 2.05 bits per heavy atom. The van der Waals surface area contributed by atoms with Crippen molar-refractivity contribution < 1.29 is 13.2 Å². The summed E-state index contributed by atoms with van der Waals surface area (Å²) in [5, 5.41) is 7.92. The summed E-state index contributed by atoms with van der Waals surface area (Å²) in [6, 6.07) is 6.64. The molecule has 0 saturated heterocycles. The van der Waals surface area contributed by atoms with Gasteiger partial charge in [0.2, 0.25) is 10.0 Å². The van der Waals surface area contributed by atoms with E-state index in [-0.39, 0.29) is 4.90 Å². The van der Waals surface area contributed by atoms with E-state index in [0.717, 1.165) is 0 Å². The van der Waals surface area contributed by atoms with Crippen LogP contribution in [0, 0.1) is 3.57 Å². The van der Waals surface area contributed by atoms with Crippen molar-refractivity contribution in [3.8, 4) is 6.01 Å². The number of aromatic nitrogens is 3. The van der Waals surface area contributed by atoms with Crippen LogP contribution in [-0.2, 0) is 16.6 Å². The van der Waals surface area contributed by atoms with Gasteiger partial charge in [0.1, 0.15) is 0 Å². The standard InChI is InChI=1S/C13H17IN4O3S/c1-4-18-12(15-16-13(18)21-3)9(2)17-22(19,20)11-8-6-5-7-10(11)14/h5-9,17H,4H2,1-3H3/t9-/m1/s1. The second-order valence-corrected chi connectivity index (χ2v) is 7.41. The van der Waals surface area contributed by atoms with Gasteiger partial charge in [0.15, 0.2) is 5.82 Å². The molecule has 9 heteroatoms. The molecule has 0 unspecified atom stereocenters. The molecule has 1 atom stereocenters. The number of benzene rings is 1. The number of nitrogens with one attached hydrogen (secondary N) is 1. The molecule has 0 aliphatic rings. The first kappa shape index (κ1) is 17.2. The Hall–Kier alpha value is -1.20. The maximum atomic E-state index is 12.5. The summed E-state index contributed by atoms with van der Waals surface area (Å²) < 4.78 is 35.1. The summed E-state index contributed by atoms with van der Waals surface area (Å²) in [4.78, 5) is 0.247. The van der Waals surface area contributed by atoms with Crippen LogP contribution in [0.25, 0.3) is 0 Å². The van der Waals surface area contributed by atoms with Gasteiger partial charge in [-0.1, -0.05) is 17.2 Å². The van der Waals surface area contributed by atoms with Gasteiger partial charge in [-0.15, -0.1) is 5.10 Å². The zero-order valence-corrected chi connectivity index (χ0v) is 15.4. The van der Waals surface area contributed by atoms with Crippen LogP contribution in [0.1, 0.15) is 25.7 Å². The second kappa shape index (κ2) is 6.92. The van der Waals surface area contributed by atoms with Crippen LogP contribution in [0.5, 0.6) is 6.01 Å². The monoisotopic (exact) mass is 436 g/mol. The SMILES string of the molecule is CCn1c(OC)nnc1[C@@H](C)NS(=O)(=O)c1ccccc1I. The second-order valence-electron chi connectivity index (χ2n) is 4.56. The quantitative estimate of drug-likeness (QED) is 0.700. The van der Waals surface area contributed by atoms with E-state index in [9.17, 15) is 8.42 Å². The van der Waals surface area contributed by atoms with Crippen LogP contribution in [0.15, 0.2) is 29.2 Å². The van der Waals surface area contributed by atoms with E-state index in [1.54, 1.807) is 35.8 Å². The molecule has 0 fully saturated rings. The Balaban J connectivity index is 2.31. The molecule has 0 amide bonds. The number of hydrogen-bond donors (Lipinski definition) is 1. The third kappa shape index (κ3) is 3.41. The third-order valence-electron chi connectivity index (χ3n) is 3.09. The first-order valence-electron chi connectivity index (χ1n) is 6.64. The maximum Gasteiger partial charge on any atom is 0.316 e. The molecule has 0 bridgehead atoms. The van der Waals surface area contributed by atoms with Crippen LogP contribution in [0.4, 0.5) is 0 Å². The van der Waals surface area contributed by atoms with Crippen LogP contribution >= 0.6 is 22.6 Å². The molecule has 22 heavy (non-hydrogen) atoms. The van der Waals surface area contributed by atoms with E-state index in [4.69, 9.17) is 4.74 Å². The maximum absolute atomic E-state index is 12.5. The summed E-state index contributed by atoms with van der Waals surface area (Å²) in [6.45, 7) is 4.22. The molecule has 7 nitrogen and oxygen atoms in total. The van der Waals surface area contributed by atoms with Crippen molar-refractivity contribution in [2.24, 2.45) is 0 Å². The van der Waals surface area contributed by atoms with Crippen molar-refractivity contribution in [3.63, 3.8) is 0 Å². The van der Waals surface area contributed by atoms with Crippen molar-refractivity contribution in [1.82, 2.24) is 19.5 Å². The van der Waals surface area contributed by atoms with Crippen LogP contribution in [0.2, 0.25) is 0 Å². The largest absolute Gasteiger partial charge is 0.467 e. The van der Waals surface area contributed by atoms with E-state index < -0.39 is 16.1 Å². The third-order valence-corrected chi connectivity index (χ3v) is 6.00. The van der Waals surface area contributed by atoms with Crippen molar-refractivity contribution >= 4 is 32.6 Å². The van der Waals surface area contributed by atoms with Crippen molar-refractivity contribution in [2.75, 3.05) is 7.11 Å². The van der Waals surface area contributed by atoms with Gasteiger partial charge >= 0.3 is 6.01 Å². The molecule has 2 rings (SSSR count). The number of halogens is 1. The lowest BCUT2D eigenvalue weighted by Crippen LogP contribution is -2.29. The highest BCUT2D eigenvalue weighted by Crippen LogP contribution is 2.21. The number of rotatable bonds is 6. The van der Waals surface area contributed by atoms with Crippen molar-refractivity contribution in [3.05, 3.63) is 33.7 Å². The minimum atomic E-state index is -3.64. The summed E-state index contributed by atoms with van der Waals surface area (Å²) in [5.41, 5.74) is 0. The van der Waals surface area contributed by atoms with Gasteiger partial charge in [0.05, 0.1) is 18.0 Å². The molecule has 1 N–H and O–H groups in total. The lowest BCUT2D eigenvalue weighted by molar-refractivity contribution is 0.354. The molecule has 0 aliphatic carbocycles. The predicted molar refractivity (Wildman–Crippen MR) is 90.1 cm³/mol. The number of methoxy groups -OCH3 is 1. The van der Waals surface area contributed by atoms with E-state index in [0.29, 0.717) is 21.9 Å². The topological polar surface area (TPSA) is 86.1 Å². The highest BCUT2D eigenvalue weighted by atomic mass is 127. The fraction of sp³-hybridized carbons (Fsp3) is 0.385. The van der Waals surface area contributed by atoms with Crippen molar-refractivity contribution in [1.29, 1.82) is 0 Å². The van der Waals surface area contributed by atoms with Crippen molar-refractivity contribution in [2.45, 2.75) is 31.3 Å². The van der Waals surface area contributed by atoms with Gasteiger partial charge in [-0.25, -0.2) is 13.1 Å². The molecule has 0 spiro atoms. The zero-order chi connectivity index (χ0) is 16.3. The van der Waals surface area contributed by atoms with Gasteiger partial charge in [-0.05, 0) is 48.6 Å². The molecule has 0 aliphatic heterocycles. The normalized spacial score (nSPS) is 13.1. The Kier molecular flexibility index (Phi) is 5.40. The highest BCUT2D eigenvalue weighted by Gasteiger charge is 2.24. The summed E-state index contributed by atoms with van der Waals surface area (Å²) in [7, 11) is -2.14. The Morgan fingerprint density at radius 1 is 1.36 bits per heavy atom. The molecule has 1 heterocycles. The van der Waals surface area contributed by atoms with E-state index in [2.05, 4.69) is 14.9 Å². The van der Waals surface area contributed by atoms with Crippen LogP contribution in [-0.4, -0.2) is 30.3 Å². The van der Waals surface area contributed by atoms with Gasteiger partial charge in [-0.3, -0.25) is 4.57 Å². The van der Waals surface area contributed by atoms with E-state index in [1.165, 1.54) is 7.11 Å². The zero-order valence-electron chi connectivity index (χ0n) is 12.4. The average molecular weight is 436 g/mol. The number of sulfonamides is 1. The van der Waals surface area contributed by atoms with Gasteiger partial charge in [0, 0.05) is 10.1 Å². The molecule has 0 saturated carbocycles. The number of ether oxygens (including phenoxy) is 1. The number of hydrogen-bond acceptors (Lipinski definition) is 5. The summed E-state index contributed by atoms with van der Waals surface area (Å²) in [6.07, 6.45) is 0. The summed E-state index contributed by atoms with van der Waals surface area (Å²) in [5.74, 6) is 0.508. The van der Waals surface area contributed by atoms with E-state index >= 15 is 0 Å². The Bertz CT molecular complexity index is 760. The molecule has 1 aromatic heterocycles. The molecule has 2 aromatic rings. The summed E-state index contributed by atoms with van der Waals surface area (Å²) >= 11 is 2.00. The molecule has 120 valence electrons. The predicted octanol–water partition coefficient (Wildman–Crippen LogP) is 1.95. The lowest BCUT2D eigenvalue weighted by atomic mass is 10.3. The molecular weight excluding hydrogens is 419 g/mol. The van der Waals surface area contributed by atoms with E-state index in [1.807, 2.05) is 29.5 Å². The lowest BCUT2D eigenvalue weighted by Gasteiger charge is -2.15. The highest BCUT2D eigenvalue weighted by molar-refractivity contribution is 14.1. The minimum Gasteiger partial charge on any atom is -0.467 e. The first-order chi connectivity index (χ1) is 10.4. The Labute approximate surface area is 143 Å². The molecular formula is C13H17IN4O3S. The fourth-order valence-electron chi connectivity index (χ4n) is 2.08. The van der Waals surface area contributed by atoms with Gasteiger partial charge in [-0.2, -0.15) is 0 Å². The fourth-order valence-corrected chi connectivity index (χ4v) is 4.62. The first-order valence-corrected chi connectivity index (χ1v) is 9.20. The molecule has 1 aromatic carbocycles. The minimum absolute atomic E-state index is 0.247. The smallest absolute Gasteiger partial charge is 0.316 e. The average Bonchev–Trinajstić information content (AvgIpc) is 2.90. The van der Waals surface area contributed by atoms with Crippen LogP contribution < -0.4 is 9.46 Å². The van der Waals surface area contributed by atoms with Gasteiger partial charge in [0.25, 0.3) is 0 Å². The molecule has 0 radical (unpaired) electrons.